The predicted molar refractivity (Wildman–Crippen MR) is 97.1 cm³/mol. The number of ether oxygens (including phenoxy) is 2. The molecule has 1 aliphatic rings. The van der Waals surface area contributed by atoms with E-state index in [0.717, 1.165) is 18.4 Å². The second-order valence-corrected chi connectivity index (χ2v) is 6.54. The first-order valence-electron chi connectivity index (χ1n) is 9.22. The molecule has 1 fully saturated rings. The number of hydrogen-bond donors (Lipinski definition) is 0. The molecule has 0 N–H and O–H groups in total. The van der Waals surface area contributed by atoms with Crippen LogP contribution in [0.1, 0.15) is 55.4 Å². The zero-order chi connectivity index (χ0) is 18.8. The third-order valence-corrected chi connectivity index (χ3v) is 4.81. The SMILES string of the molecule is CCOC(=O)c1cnn(-c2nc(OC)c3c(cnn3C3CCCCC3)n2)c1. The van der Waals surface area contributed by atoms with Crippen LogP contribution in [0, 0.1) is 0 Å². The van der Waals surface area contributed by atoms with Crippen molar-refractivity contribution in [2.75, 3.05) is 13.7 Å². The molecule has 0 spiro atoms. The van der Waals surface area contributed by atoms with Crippen LogP contribution in [0.4, 0.5) is 0 Å². The van der Waals surface area contributed by atoms with Crippen molar-refractivity contribution >= 4 is 17.0 Å². The highest BCUT2D eigenvalue weighted by molar-refractivity contribution is 5.88. The first kappa shape index (κ1) is 17.4. The van der Waals surface area contributed by atoms with E-state index in [0.29, 0.717) is 35.6 Å². The fourth-order valence-electron chi connectivity index (χ4n) is 3.52. The Bertz CT molecular complexity index is 957. The number of aromatic nitrogens is 6. The molecule has 3 aromatic rings. The molecule has 9 nitrogen and oxygen atoms in total. The van der Waals surface area contributed by atoms with Crippen LogP contribution in [0.15, 0.2) is 18.6 Å². The maximum atomic E-state index is 11.8. The van der Waals surface area contributed by atoms with Crippen molar-refractivity contribution in [3.63, 3.8) is 0 Å². The van der Waals surface area contributed by atoms with Crippen molar-refractivity contribution < 1.29 is 14.3 Å². The van der Waals surface area contributed by atoms with Gasteiger partial charge in [0.25, 0.3) is 5.95 Å². The highest BCUT2D eigenvalue weighted by Crippen LogP contribution is 2.33. The van der Waals surface area contributed by atoms with Crippen LogP contribution in [0.3, 0.4) is 0 Å². The molecular formula is C18H22N6O3. The van der Waals surface area contributed by atoms with Gasteiger partial charge in [0.2, 0.25) is 5.88 Å². The Labute approximate surface area is 156 Å². The Balaban J connectivity index is 1.72. The van der Waals surface area contributed by atoms with E-state index in [4.69, 9.17) is 9.47 Å². The van der Waals surface area contributed by atoms with Gasteiger partial charge in [-0.3, -0.25) is 4.68 Å². The van der Waals surface area contributed by atoms with Gasteiger partial charge < -0.3 is 9.47 Å². The molecule has 0 amide bonds. The van der Waals surface area contributed by atoms with Gasteiger partial charge in [-0.05, 0) is 19.8 Å². The largest absolute Gasteiger partial charge is 0.479 e. The number of fused-ring (bicyclic) bond motifs is 1. The van der Waals surface area contributed by atoms with E-state index in [1.165, 1.54) is 30.1 Å². The van der Waals surface area contributed by atoms with Crippen LogP contribution < -0.4 is 4.74 Å². The van der Waals surface area contributed by atoms with Gasteiger partial charge in [0.05, 0.1) is 37.7 Å². The Hall–Kier alpha value is -2.97. The monoisotopic (exact) mass is 370 g/mol. The Morgan fingerprint density at radius 2 is 2.00 bits per heavy atom. The highest BCUT2D eigenvalue weighted by atomic mass is 16.5. The van der Waals surface area contributed by atoms with Gasteiger partial charge in [-0.1, -0.05) is 19.3 Å². The summed E-state index contributed by atoms with van der Waals surface area (Å²) in [6.07, 6.45) is 10.6. The molecule has 1 saturated carbocycles. The van der Waals surface area contributed by atoms with E-state index in [1.54, 1.807) is 26.4 Å². The van der Waals surface area contributed by atoms with Crippen LogP contribution in [0.5, 0.6) is 5.88 Å². The van der Waals surface area contributed by atoms with Crippen LogP contribution in [-0.4, -0.2) is 49.2 Å². The van der Waals surface area contributed by atoms with E-state index in [2.05, 4.69) is 20.2 Å². The third kappa shape index (κ3) is 3.24. The third-order valence-electron chi connectivity index (χ3n) is 4.81. The van der Waals surface area contributed by atoms with Crippen LogP contribution in [0.2, 0.25) is 0 Å². The zero-order valence-electron chi connectivity index (χ0n) is 15.5. The minimum absolute atomic E-state index is 0.306. The van der Waals surface area contributed by atoms with E-state index >= 15 is 0 Å². The molecule has 0 unspecified atom stereocenters. The van der Waals surface area contributed by atoms with E-state index in [1.807, 2.05) is 4.68 Å². The molecule has 0 aliphatic heterocycles. The highest BCUT2D eigenvalue weighted by Gasteiger charge is 2.22. The van der Waals surface area contributed by atoms with E-state index < -0.39 is 5.97 Å². The van der Waals surface area contributed by atoms with Crippen molar-refractivity contribution in [1.29, 1.82) is 0 Å². The first-order chi connectivity index (χ1) is 13.2. The zero-order valence-corrected chi connectivity index (χ0v) is 15.5. The number of methoxy groups -OCH3 is 1. The standard InChI is InChI=1S/C18H22N6O3/c1-3-27-17(25)12-9-19-23(11-12)18-21-14-10-20-24(13-7-5-4-6-8-13)15(14)16(22-18)26-2/h9-11,13H,3-8H2,1-2H3. The van der Waals surface area contributed by atoms with Gasteiger partial charge in [0, 0.05) is 6.20 Å². The lowest BCUT2D eigenvalue weighted by molar-refractivity contribution is 0.0526. The normalized spacial score (nSPS) is 15.2. The summed E-state index contributed by atoms with van der Waals surface area (Å²) in [5, 5.41) is 8.73. The smallest absolute Gasteiger partial charge is 0.341 e. The quantitative estimate of drug-likeness (QED) is 0.637. The molecule has 27 heavy (non-hydrogen) atoms. The summed E-state index contributed by atoms with van der Waals surface area (Å²) in [6.45, 7) is 2.06. The van der Waals surface area contributed by atoms with Gasteiger partial charge in [-0.2, -0.15) is 15.2 Å². The molecule has 0 radical (unpaired) electrons. The number of carbonyl (C=O) groups excluding carboxylic acids is 1. The Kier molecular flexibility index (Phi) is 4.74. The average Bonchev–Trinajstić information content (AvgIpc) is 3.35. The molecule has 0 aromatic carbocycles. The summed E-state index contributed by atoms with van der Waals surface area (Å²) in [5.41, 5.74) is 1.83. The molecule has 4 rings (SSSR count). The lowest BCUT2D eigenvalue weighted by atomic mass is 9.95. The maximum Gasteiger partial charge on any atom is 0.341 e. The van der Waals surface area contributed by atoms with Crippen molar-refractivity contribution in [3.8, 4) is 11.8 Å². The molecule has 1 aliphatic carbocycles. The summed E-state index contributed by atoms with van der Waals surface area (Å²) < 4.78 is 13.9. The minimum atomic E-state index is -0.429. The molecule has 3 aromatic heterocycles. The fourth-order valence-corrected chi connectivity index (χ4v) is 3.52. The number of carbonyl (C=O) groups is 1. The summed E-state index contributed by atoms with van der Waals surface area (Å²) in [7, 11) is 1.58. The van der Waals surface area contributed by atoms with Gasteiger partial charge in [0.15, 0.2) is 0 Å². The minimum Gasteiger partial charge on any atom is -0.479 e. The number of nitrogens with zero attached hydrogens (tertiary/aromatic N) is 6. The summed E-state index contributed by atoms with van der Waals surface area (Å²) in [4.78, 5) is 20.9. The predicted octanol–water partition coefficient (Wildman–Crippen LogP) is 2.70. The second kappa shape index (κ2) is 7.34. The lowest BCUT2D eigenvalue weighted by Crippen LogP contribution is -2.15. The first-order valence-corrected chi connectivity index (χ1v) is 9.22. The maximum absolute atomic E-state index is 11.8. The van der Waals surface area contributed by atoms with Crippen LogP contribution in [0.25, 0.3) is 17.0 Å². The molecule has 0 atom stereocenters. The van der Waals surface area contributed by atoms with Gasteiger partial charge in [-0.15, -0.1) is 0 Å². The lowest BCUT2D eigenvalue weighted by Gasteiger charge is -2.22. The van der Waals surface area contributed by atoms with Crippen molar-refractivity contribution in [2.24, 2.45) is 0 Å². The topological polar surface area (TPSA) is 97.0 Å². The van der Waals surface area contributed by atoms with Gasteiger partial charge in [-0.25, -0.2) is 14.5 Å². The molecule has 9 heteroatoms. The van der Waals surface area contributed by atoms with E-state index in [-0.39, 0.29) is 0 Å². The molecular weight excluding hydrogens is 348 g/mol. The summed E-state index contributed by atoms with van der Waals surface area (Å²) >= 11 is 0. The van der Waals surface area contributed by atoms with Crippen LogP contribution >= 0.6 is 0 Å². The number of rotatable bonds is 5. The van der Waals surface area contributed by atoms with Crippen molar-refractivity contribution in [2.45, 2.75) is 45.1 Å². The van der Waals surface area contributed by atoms with Gasteiger partial charge in [0.1, 0.15) is 11.0 Å². The number of esters is 1. The molecule has 0 saturated heterocycles. The van der Waals surface area contributed by atoms with Gasteiger partial charge >= 0.3 is 5.97 Å². The molecule has 142 valence electrons. The van der Waals surface area contributed by atoms with Crippen LogP contribution in [-0.2, 0) is 4.74 Å². The average molecular weight is 370 g/mol. The Morgan fingerprint density at radius 1 is 1.19 bits per heavy atom. The summed E-state index contributed by atoms with van der Waals surface area (Å²) in [6, 6.07) is 0.347. The Morgan fingerprint density at radius 3 is 2.74 bits per heavy atom. The van der Waals surface area contributed by atoms with E-state index in [9.17, 15) is 4.79 Å². The fraction of sp³-hybridized carbons (Fsp3) is 0.500. The molecule has 3 heterocycles. The van der Waals surface area contributed by atoms with Crippen molar-refractivity contribution in [1.82, 2.24) is 29.5 Å². The molecule has 0 bridgehead atoms. The summed E-state index contributed by atoms with van der Waals surface area (Å²) in [5.74, 6) is 0.339. The number of hydrogen-bond acceptors (Lipinski definition) is 7. The van der Waals surface area contributed by atoms with Crippen molar-refractivity contribution in [3.05, 3.63) is 24.2 Å². The second-order valence-electron chi connectivity index (χ2n) is 6.54.